The van der Waals surface area contributed by atoms with Crippen molar-refractivity contribution in [1.82, 2.24) is 5.32 Å². The fourth-order valence-corrected chi connectivity index (χ4v) is 12.6. The molecule has 0 spiro atoms. The van der Waals surface area contributed by atoms with Crippen molar-refractivity contribution in [2.75, 3.05) is 13.2 Å². The van der Waals surface area contributed by atoms with Crippen LogP contribution in [0.1, 0.15) is 399 Å². The second-order valence-corrected chi connectivity index (χ2v) is 26.8. The Balaban J connectivity index is 2.10. The molecule has 1 amide bonds. The Kier molecular flexibility index (Phi) is 63.1. The third kappa shape index (κ3) is 54.2. The van der Waals surface area contributed by atoms with Crippen LogP contribution in [0.5, 0.6) is 0 Å². The Hall–Kier alpha value is -1.33. The van der Waals surface area contributed by atoms with Crippen LogP contribution in [0.25, 0.3) is 0 Å². The van der Waals surface area contributed by atoms with Gasteiger partial charge in [0.1, 0.15) is 24.4 Å². The third-order valence-corrected chi connectivity index (χ3v) is 18.5. The lowest BCUT2D eigenvalue weighted by atomic mass is 9.99. The molecule has 1 saturated heterocycles. The number of rotatable bonds is 68. The minimum Gasteiger partial charge on any atom is -0.394 e. The van der Waals surface area contributed by atoms with Crippen molar-refractivity contribution in [2.45, 2.75) is 442 Å². The van der Waals surface area contributed by atoms with Crippen LogP contribution in [0.2, 0.25) is 0 Å². The zero-order valence-electron chi connectivity index (χ0n) is 56.7. The standard InChI is InChI=1S/C76H147NO8/c1-3-5-7-9-11-13-15-17-19-21-23-25-27-29-31-33-35-37-39-41-43-45-47-49-51-53-55-57-59-61-63-65-70(79)69(68-84-76-75(83)74(82)73(81)71(67-78)85-76)77-72(80)66-64-62-60-58-56-54-52-50-48-46-44-42-40-38-36-34-32-30-28-26-24-22-20-18-16-14-12-10-8-6-4-2/h55,57,63,65,69-71,73-76,78-79,81-83H,3-54,56,58-62,64,66-68H2,1-2H3,(H,77,80)/b57-55+,65-63+. The average molecular weight is 1200 g/mol. The van der Waals surface area contributed by atoms with Gasteiger partial charge in [-0.25, -0.2) is 0 Å². The summed E-state index contributed by atoms with van der Waals surface area (Å²) in [6.07, 6.45) is 80.4. The van der Waals surface area contributed by atoms with Crippen LogP contribution in [-0.2, 0) is 14.3 Å². The minimum atomic E-state index is -1.57. The number of hydrogen-bond donors (Lipinski definition) is 6. The van der Waals surface area contributed by atoms with Gasteiger partial charge in [-0.05, 0) is 32.1 Å². The van der Waals surface area contributed by atoms with Crippen LogP contribution in [0, 0.1) is 0 Å². The molecule has 7 unspecified atom stereocenters. The first kappa shape index (κ1) is 81.7. The summed E-state index contributed by atoms with van der Waals surface area (Å²) in [6.45, 7) is 3.83. The van der Waals surface area contributed by atoms with E-state index in [2.05, 4.69) is 31.3 Å². The SMILES string of the molecule is CCCCCCCCCCCCCCCCCCCCCCCCCCC/C=C/CC/C=C/C(O)C(COC1OC(CO)C(O)C(O)C1O)NC(=O)CCCCCCCCCCCCCCCCCCCCCCCCCCCCCCCCC. The monoisotopic (exact) mass is 1200 g/mol. The highest BCUT2D eigenvalue weighted by atomic mass is 16.7. The van der Waals surface area contributed by atoms with Gasteiger partial charge < -0.3 is 40.3 Å². The summed E-state index contributed by atoms with van der Waals surface area (Å²) in [5, 5.41) is 54.8. The first-order valence-corrected chi connectivity index (χ1v) is 38.1. The van der Waals surface area contributed by atoms with Crippen molar-refractivity contribution >= 4 is 5.91 Å². The molecule has 85 heavy (non-hydrogen) atoms. The molecule has 7 atom stereocenters. The summed E-state index contributed by atoms with van der Waals surface area (Å²) in [5.41, 5.74) is 0. The van der Waals surface area contributed by atoms with Crippen LogP contribution in [0.3, 0.4) is 0 Å². The van der Waals surface area contributed by atoms with E-state index in [0.29, 0.717) is 6.42 Å². The van der Waals surface area contributed by atoms with E-state index in [1.807, 2.05) is 6.08 Å². The molecule has 6 N–H and O–H groups in total. The molecule has 0 aromatic rings. The van der Waals surface area contributed by atoms with E-state index in [1.54, 1.807) is 6.08 Å². The molecule has 0 aliphatic carbocycles. The van der Waals surface area contributed by atoms with E-state index < -0.39 is 49.5 Å². The quantitative estimate of drug-likeness (QED) is 0.0261. The van der Waals surface area contributed by atoms with Crippen LogP contribution in [-0.4, -0.2) is 87.5 Å². The Morgan fingerprint density at radius 3 is 0.988 bits per heavy atom. The van der Waals surface area contributed by atoms with Crippen molar-refractivity contribution in [3.05, 3.63) is 24.3 Å². The predicted octanol–water partition coefficient (Wildman–Crippen LogP) is 21.2. The fraction of sp³-hybridized carbons (Fsp3) is 0.934. The maximum atomic E-state index is 13.1. The number of ether oxygens (including phenoxy) is 2. The van der Waals surface area contributed by atoms with Gasteiger partial charge in [-0.1, -0.05) is 385 Å². The molecule has 0 aromatic heterocycles. The van der Waals surface area contributed by atoms with Gasteiger partial charge in [-0.2, -0.15) is 0 Å². The summed E-state index contributed by atoms with van der Waals surface area (Å²) in [7, 11) is 0. The Morgan fingerprint density at radius 1 is 0.388 bits per heavy atom. The van der Waals surface area contributed by atoms with Crippen LogP contribution in [0.15, 0.2) is 24.3 Å². The first-order valence-electron chi connectivity index (χ1n) is 38.1. The summed E-state index contributed by atoms with van der Waals surface area (Å²) in [4.78, 5) is 13.1. The van der Waals surface area contributed by atoms with E-state index >= 15 is 0 Å². The van der Waals surface area contributed by atoms with Crippen molar-refractivity contribution in [3.63, 3.8) is 0 Å². The fourth-order valence-electron chi connectivity index (χ4n) is 12.6. The largest absolute Gasteiger partial charge is 0.394 e. The highest BCUT2D eigenvalue weighted by Crippen LogP contribution is 2.24. The van der Waals surface area contributed by atoms with Crippen LogP contribution < -0.4 is 5.32 Å². The molecule has 9 nitrogen and oxygen atoms in total. The Bertz CT molecular complexity index is 1390. The molecule has 1 aliphatic rings. The highest BCUT2D eigenvalue weighted by molar-refractivity contribution is 5.76. The second-order valence-electron chi connectivity index (χ2n) is 26.8. The molecular formula is C76H147NO8. The van der Waals surface area contributed by atoms with Crippen LogP contribution in [0.4, 0.5) is 0 Å². The van der Waals surface area contributed by atoms with E-state index in [-0.39, 0.29) is 12.5 Å². The zero-order chi connectivity index (χ0) is 61.4. The number of amides is 1. The summed E-state index contributed by atoms with van der Waals surface area (Å²) >= 11 is 0. The molecule has 9 heteroatoms. The molecule has 0 saturated carbocycles. The van der Waals surface area contributed by atoms with Crippen molar-refractivity contribution in [2.24, 2.45) is 0 Å². The molecule has 504 valence electrons. The van der Waals surface area contributed by atoms with Crippen molar-refractivity contribution in [1.29, 1.82) is 0 Å². The maximum Gasteiger partial charge on any atom is 0.220 e. The summed E-state index contributed by atoms with van der Waals surface area (Å²) in [6, 6.07) is -0.821. The third-order valence-electron chi connectivity index (χ3n) is 18.5. The highest BCUT2D eigenvalue weighted by Gasteiger charge is 2.44. The Morgan fingerprint density at radius 2 is 0.671 bits per heavy atom. The molecular weight excluding hydrogens is 1050 g/mol. The molecule has 1 rings (SSSR count). The number of aliphatic hydroxyl groups excluding tert-OH is 5. The number of allylic oxidation sites excluding steroid dienone is 3. The minimum absolute atomic E-state index is 0.177. The van der Waals surface area contributed by atoms with E-state index in [0.717, 1.165) is 38.5 Å². The molecule has 1 aliphatic heterocycles. The topological polar surface area (TPSA) is 149 Å². The van der Waals surface area contributed by atoms with Gasteiger partial charge in [0.15, 0.2) is 6.29 Å². The lowest BCUT2D eigenvalue weighted by Gasteiger charge is -2.40. The lowest BCUT2D eigenvalue weighted by Crippen LogP contribution is -2.60. The van der Waals surface area contributed by atoms with E-state index in [4.69, 9.17) is 9.47 Å². The van der Waals surface area contributed by atoms with Crippen molar-refractivity contribution < 1.29 is 39.8 Å². The van der Waals surface area contributed by atoms with Gasteiger partial charge >= 0.3 is 0 Å². The van der Waals surface area contributed by atoms with Gasteiger partial charge in [0, 0.05) is 6.42 Å². The summed E-state index contributed by atoms with van der Waals surface area (Å²) in [5.74, 6) is -0.177. The Labute approximate surface area is 528 Å². The molecule has 0 aromatic carbocycles. The number of nitrogens with one attached hydrogen (secondary N) is 1. The number of carbonyl (C=O) groups is 1. The number of hydrogen-bond acceptors (Lipinski definition) is 8. The van der Waals surface area contributed by atoms with Crippen LogP contribution >= 0.6 is 0 Å². The van der Waals surface area contributed by atoms with E-state index in [9.17, 15) is 30.3 Å². The van der Waals surface area contributed by atoms with Gasteiger partial charge in [-0.15, -0.1) is 0 Å². The maximum absolute atomic E-state index is 13.1. The normalized spacial score (nSPS) is 18.1. The van der Waals surface area contributed by atoms with Gasteiger partial charge in [-0.3, -0.25) is 4.79 Å². The first-order chi connectivity index (χ1) is 41.8. The second kappa shape index (κ2) is 65.6. The smallest absolute Gasteiger partial charge is 0.220 e. The van der Waals surface area contributed by atoms with Gasteiger partial charge in [0.25, 0.3) is 0 Å². The predicted molar refractivity (Wildman–Crippen MR) is 364 cm³/mol. The van der Waals surface area contributed by atoms with E-state index in [1.165, 1.54) is 340 Å². The molecule has 1 fully saturated rings. The van der Waals surface area contributed by atoms with Gasteiger partial charge in [0.05, 0.1) is 25.4 Å². The van der Waals surface area contributed by atoms with Gasteiger partial charge in [0.2, 0.25) is 5.91 Å². The number of carbonyl (C=O) groups excluding carboxylic acids is 1. The molecule has 1 heterocycles. The number of aliphatic hydroxyl groups is 5. The zero-order valence-corrected chi connectivity index (χ0v) is 56.7. The lowest BCUT2D eigenvalue weighted by molar-refractivity contribution is -0.302. The summed E-state index contributed by atoms with van der Waals surface area (Å²) < 4.78 is 11.3. The average Bonchev–Trinajstić information content (AvgIpc) is 3.68. The number of unbranched alkanes of at least 4 members (excludes halogenated alkanes) is 56. The molecule has 0 radical (unpaired) electrons. The van der Waals surface area contributed by atoms with Crippen molar-refractivity contribution in [3.8, 4) is 0 Å². The molecule has 0 bridgehead atoms.